The lowest BCUT2D eigenvalue weighted by molar-refractivity contribution is 0.0526. The number of halogens is 2. The molecule has 1 N–H and O–H groups in total. The highest BCUT2D eigenvalue weighted by atomic mass is 35.5. The Hall–Kier alpha value is -1.76. The normalized spacial score (nSPS) is 11.1. The molecule has 0 atom stereocenters. The summed E-state index contributed by atoms with van der Waals surface area (Å²) in [5.41, 5.74) is 1.03. The standard InChI is InChI=1S/C16H15Cl2NO4S/c1-2-23-16(20)12-5-8-15(14(18)9-12)19-24(21,22)10-11-3-6-13(17)7-4-11/h3-9,19H,2,10H2,1H3. The number of ether oxygens (including phenoxy) is 1. The van der Waals surface area contributed by atoms with Crippen molar-refractivity contribution in [3.05, 3.63) is 63.6 Å². The van der Waals surface area contributed by atoms with Crippen molar-refractivity contribution in [3.63, 3.8) is 0 Å². The summed E-state index contributed by atoms with van der Waals surface area (Å²) in [6.07, 6.45) is 0. The summed E-state index contributed by atoms with van der Waals surface area (Å²) in [7, 11) is -3.66. The third-order valence-corrected chi connectivity index (χ3v) is 4.82. The maximum Gasteiger partial charge on any atom is 0.338 e. The van der Waals surface area contributed by atoms with E-state index in [2.05, 4.69) is 4.72 Å². The molecule has 0 aliphatic rings. The lowest BCUT2D eigenvalue weighted by Gasteiger charge is -2.11. The quantitative estimate of drug-likeness (QED) is 0.756. The van der Waals surface area contributed by atoms with Crippen LogP contribution in [-0.4, -0.2) is 21.0 Å². The van der Waals surface area contributed by atoms with Crippen LogP contribution in [0.25, 0.3) is 0 Å². The molecule has 0 aliphatic heterocycles. The van der Waals surface area contributed by atoms with Gasteiger partial charge in [-0.05, 0) is 42.8 Å². The van der Waals surface area contributed by atoms with Gasteiger partial charge in [0, 0.05) is 5.02 Å². The molecule has 2 aromatic rings. The number of nitrogens with one attached hydrogen (secondary N) is 1. The molecule has 24 heavy (non-hydrogen) atoms. The van der Waals surface area contributed by atoms with E-state index in [-0.39, 0.29) is 28.6 Å². The molecule has 2 rings (SSSR count). The monoisotopic (exact) mass is 387 g/mol. The number of benzene rings is 2. The van der Waals surface area contributed by atoms with Crippen LogP contribution in [0.15, 0.2) is 42.5 Å². The second-order valence-electron chi connectivity index (χ2n) is 4.90. The number of carbonyl (C=O) groups is 1. The van der Waals surface area contributed by atoms with Gasteiger partial charge in [-0.25, -0.2) is 13.2 Å². The van der Waals surface area contributed by atoms with Gasteiger partial charge in [-0.3, -0.25) is 4.72 Å². The molecule has 0 amide bonds. The lowest BCUT2D eigenvalue weighted by Crippen LogP contribution is -2.15. The van der Waals surface area contributed by atoms with Crippen molar-refractivity contribution >= 4 is 44.9 Å². The number of hydrogen-bond acceptors (Lipinski definition) is 4. The summed E-state index contributed by atoms with van der Waals surface area (Å²) >= 11 is 11.8. The first-order chi connectivity index (χ1) is 11.3. The maximum absolute atomic E-state index is 12.2. The molecule has 2 aromatic carbocycles. The van der Waals surface area contributed by atoms with E-state index in [0.717, 1.165) is 0 Å². The van der Waals surface area contributed by atoms with Gasteiger partial charge < -0.3 is 4.74 Å². The Labute approximate surface area is 150 Å². The molecular formula is C16H15Cl2NO4S. The topological polar surface area (TPSA) is 72.5 Å². The highest BCUT2D eigenvalue weighted by Gasteiger charge is 2.15. The molecule has 0 fully saturated rings. The number of anilines is 1. The number of esters is 1. The van der Waals surface area contributed by atoms with E-state index >= 15 is 0 Å². The zero-order valence-corrected chi connectivity index (χ0v) is 15.1. The SMILES string of the molecule is CCOC(=O)c1ccc(NS(=O)(=O)Cc2ccc(Cl)cc2)c(Cl)c1. The van der Waals surface area contributed by atoms with E-state index < -0.39 is 16.0 Å². The van der Waals surface area contributed by atoms with Crippen molar-refractivity contribution in [3.8, 4) is 0 Å². The molecule has 0 saturated carbocycles. The molecule has 0 aliphatic carbocycles. The molecule has 128 valence electrons. The van der Waals surface area contributed by atoms with Crippen molar-refractivity contribution < 1.29 is 17.9 Å². The first-order valence-corrected chi connectivity index (χ1v) is 9.43. The van der Waals surface area contributed by atoms with Gasteiger partial charge in [0.2, 0.25) is 10.0 Å². The average molecular weight is 388 g/mol. The third-order valence-electron chi connectivity index (χ3n) is 3.02. The summed E-state index contributed by atoms with van der Waals surface area (Å²) in [4.78, 5) is 11.6. The predicted octanol–water partition coefficient (Wildman–Crippen LogP) is 4.11. The molecule has 8 heteroatoms. The second-order valence-corrected chi connectivity index (χ2v) is 7.47. The van der Waals surface area contributed by atoms with Crippen LogP contribution in [0.5, 0.6) is 0 Å². The molecule has 0 spiro atoms. The van der Waals surface area contributed by atoms with E-state index in [4.69, 9.17) is 27.9 Å². The molecular weight excluding hydrogens is 373 g/mol. The first-order valence-electron chi connectivity index (χ1n) is 7.02. The Morgan fingerprint density at radius 3 is 2.38 bits per heavy atom. The van der Waals surface area contributed by atoms with Crippen molar-refractivity contribution in [2.75, 3.05) is 11.3 Å². The van der Waals surface area contributed by atoms with Gasteiger partial charge in [-0.2, -0.15) is 0 Å². The minimum Gasteiger partial charge on any atom is -0.462 e. The first kappa shape index (κ1) is 18.6. The highest BCUT2D eigenvalue weighted by molar-refractivity contribution is 7.91. The minimum atomic E-state index is -3.66. The van der Waals surface area contributed by atoms with Crippen LogP contribution in [0.3, 0.4) is 0 Å². The van der Waals surface area contributed by atoms with Crippen LogP contribution < -0.4 is 4.72 Å². The van der Waals surface area contributed by atoms with Crippen LogP contribution >= 0.6 is 23.2 Å². The van der Waals surface area contributed by atoms with E-state index in [9.17, 15) is 13.2 Å². The molecule has 0 heterocycles. The fraction of sp³-hybridized carbons (Fsp3) is 0.188. The number of hydrogen-bond donors (Lipinski definition) is 1. The number of sulfonamides is 1. The largest absolute Gasteiger partial charge is 0.462 e. The van der Waals surface area contributed by atoms with Crippen molar-refractivity contribution in [1.82, 2.24) is 0 Å². The van der Waals surface area contributed by atoms with Gasteiger partial charge in [0.25, 0.3) is 0 Å². The fourth-order valence-electron chi connectivity index (χ4n) is 1.94. The Kier molecular flexibility index (Phi) is 6.10. The summed E-state index contributed by atoms with van der Waals surface area (Å²) in [6.45, 7) is 1.94. The third kappa shape index (κ3) is 5.12. The fourth-order valence-corrected chi connectivity index (χ4v) is 3.57. The predicted molar refractivity (Wildman–Crippen MR) is 95.1 cm³/mol. The summed E-state index contributed by atoms with van der Waals surface area (Å²) in [6, 6.07) is 10.7. The van der Waals surface area contributed by atoms with Crippen LogP contribution in [-0.2, 0) is 20.5 Å². The maximum atomic E-state index is 12.2. The van der Waals surface area contributed by atoms with Crippen LogP contribution in [0.2, 0.25) is 10.0 Å². The zero-order chi connectivity index (χ0) is 17.7. The van der Waals surface area contributed by atoms with Crippen molar-refractivity contribution in [1.29, 1.82) is 0 Å². The van der Waals surface area contributed by atoms with E-state index in [1.165, 1.54) is 18.2 Å². The van der Waals surface area contributed by atoms with Crippen LogP contribution in [0.4, 0.5) is 5.69 Å². The van der Waals surface area contributed by atoms with Gasteiger partial charge >= 0.3 is 5.97 Å². The number of rotatable bonds is 6. The van der Waals surface area contributed by atoms with Crippen molar-refractivity contribution in [2.24, 2.45) is 0 Å². The Morgan fingerprint density at radius 1 is 1.12 bits per heavy atom. The Balaban J connectivity index is 2.14. The van der Waals surface area contributed by atoms with Gasteiger partial charge in [0.05, 0.1) is 28.6 Å². The molecule has 5 nitrogen and oxygen atoms in total. The second kappa shape index (κ2) is 7.88. The Bertz CT molecular complexity index is 836. The summed E-state index contributed by atoms with van der Waals surface area (Å²) in [5, 5.41) is 0.641. The van der Waals surface area contributed by atoms with E-state index in [1.807, 2.05) is 0 Å². The average Bonchev–Trinajstić information content (AvgIpc) is 2.51. The number of carbonyl (C=O) groups excluding carboxylic acids is 1. The van der Waals surface area contributed by atoms with Gasteiger partial charge in [-0.1, -0.05) is 35.3 Å². The van der Waals surface area contributed by atoms with E-state index in [0.29, 0.717) is 10.6 Å². The highest BCUT2D eigenvalue weighted by Crippen LogP contribution is 2.25. The summed E-state index contributed by atoms with van der Waals surface area (Å²) < 4.78 is 31.7. The smallest absolute Gasteiger partial charge is 0.338 e. The molecule has 0 bridgehead atoms. The van der Waals surface area contributed by atoms with Gasteiger partial charge in [0.15, 0.2) is 0 Å². The van der Waals surface area contributed by atoms with Gasteiger partial charge in [0.1, 0.15) is 0 Å². The minimum absolute atomic E-state index is 0.111. The molecule has 0 saturated heterocycles. The van der Waals surface area contributed by atoms with Crippen LogP contribution in [0.1, 0.15) is 22.8 Å². The van der Waals surface area contributed by atoms with Crippen molar-refractivity contribution in [2.45, 2.75) is 12.7 Å². The van der Waals surface area contributed by atoms with Crippen LogP contribution in [0, 0.1) is 0 Å². The Morgan fingerprint density at radius 2 is 1.79 bits per heavy atom. The molecule has 0 unspecified atom stereocenters. The summed E-state index contributed by atoms with van der Waals surface area (Å²) in [5.74, 6) is -0.741. The molecule has 0 radical (unpaired) electrons. The lowest BCUT2D eigenvalue weighted by atomic mass is 10.2. The van der Waals surface area contributed by atoms with Gasteiger partial charge in [-0.15, -0.1) is 0 Å². The van der Waals surface area contributed by atoms with E-state index in [1.54, 1.807) is 31.2 Å². The zero-order valence-electron chi connectivity index (χ0n) is 12.8. The molecule has 0 aromatic heterocycles.